The Hall–Kier alpha value is -4.41. The third-order valence-electron chi connectivity index (χ3n) is 6.92. The summed E-state index contributed by atoms with van der Waals surface area (Å²) in [5, 5.41) is 21.9. The Kier molecular flexibility index (Phi) is 7.10. The molecule has 204 valence electrons. The molecule has 1 N–H and O–H groups in total. The lowest BCUT2D eigenvalue weighted by molar-refractivity contribution is -0.132. The Morgan fingerprint density at radius 2 is 1.71 bits per heavy atom. The van der Waals surface area contributed by atoms with Gasteiger partial charge in [0, 0.05) is 16.9 Å². The molecule has 10 heteroatoms. The number of fused-ring (bicyclic) bond motifs is 1. The molecule has 1 fully saturated rings. The molecule has 6 nitrogen and oxygen atoms in total. The van der Waals surface area contributed by atoms with Crippen LogP contribution in [0.1, 0.15) is 28.3 Å². The maximum absolute atomic E-state index is 15.1. The number of hydrogen-bond acceptors (Lipinski definition) is 7. The molecule has 0 unspecified atom stereocenters. The van der Waals surface area contributed by atoms with Crippen LogP contribution >= 0.6 is 23.1 Å². The van der Waals surface area contributed by atoms with Crippen LogP contribution in [0, 0.1) is 18.6 Å². The number of hydrogen-bond donors (Lipinski definition) is 1. The van der Waals surface area contributed by atoms with Gasteiger partial charge in [-0.05, 0) is 41.0 Å². The molecular formula is C31H21F2N3O3S2. The molecule has 0 aliphatic carbocycles. The van der Waals surface area contributed by atoms with Gasteiger partial charge in [-0.25, -0.2) is 8.78 Å². The Morgan fingerprint density at radius 1 is 0.951 bits per heavy atom. The summed E-state index contributed by atoms with van der Waals surface area (Å²) < 4.78 is 30.0. The zero-order valence-electron chi connectivity index (χ0n) is 21.5. The van der Waals surface area contributed by atoms with Gasteiger partial charge in [0.05, 0.1) is 5.57 Å². The van der Waals surface area contributed by atoms with E-state index in [1.807, 2.05) is 42.5 Å². The van der Waals surface area contributed by atoms with Gasteiger partial charge in [0.25, 0.3) is 5.78 Å². The predicted molar refractivity (Wildman–Crippen MR) is 156 cm³/mol. The number of thioether (sulfide) groups is 1. The minimum absolute atomic E-state index is 0.00367. The van der Waals surface area contributed by atoms with Gasteiger partial charge in [0.2, 0.25) is 5.13 Å². The van der Waals surface area contributed by atoms with Crippen molar-refractivity contribution in [3.63, 3.8) is 0 Å². The number of amides is 1. The number of Topliss-reactive ketones (excluding diaryl/α,β-unsaturated/α-hetero) is 1. The number of aliphatic hydroxyl groups is 1. The molecule has 0 bridgehead atoms. The number of carbonyl (C=O) groups excluding carboxylic acids is 2. The van der Waals surface area contributed by atoms with Crippen molar-refractivity contribution in [3.8, 4) is 0 Å². The van der Waals surface area contributed by atoms with Crippen LogP contribution in [0.5, 0.6) is 0 Å². The van der Waals surface area contributed by atoms with E-state index in [9.17, 15) is 19.1 Å². The number of ketones is 1. The summed E-state index contributed by atoms with van der Waals surface area (Å²) in [5.41, 5.74) is 1.07. The smallest absolute Gasteiger partial charge is 0.301 e. The maximum atomic E-state index is 15.1. The number of halogens is 2. The third kappa shape index (κ3) is 4.89. The topological polar surface area (TPSA) is 83.4 Å². The van der Waals surface area contributed by atoms with Crippen LogP contribution in [0.4, 0.5) is 13.9 Å². The first-order valence-corrected chi connectivity index (χ1v) is 14.4. The zero-order valence-corrected chi connectivity index (χ0v) is 23.2. The van der Waals surface area contributed by atoms with Crippen molar-refractivity contribution in [2.75, 3.05) is 4.90 Å². The summed E-state index contributed by atoms with van der Waals surface area (Å²) in [5.74, 6) is -3.31. The Bertz CT molecular complexity index is 1870. The minimum Gasteiger partial charge on any atom is -0.507 e. The second kappa shape index (κ2) is 10.9. The van der Waals surface area contributed by atoms with Crippen molar-refractivity contribution in [1.29, 1.82) is 0 Å². The molecule has 2 heterocycles. The average molecular weight is 586 g/mol. The lowest BCUT2D eigenvalue weighted by Gasteiger charge is -2.22. The molecule has 1 saturated heterocycles. The first-order valence-electron chi connectivity index (χ1n) is 12.6. The van der Waals surface area contributed by atoms with Crippen LogP contribution < -0.4 is 4.90 Å². The molecule has 1 aromatic heterocycles. The van der Waals surface area contributed by atoms with Gasteiger partial charge in [0.1, 0.15) is 23.4 Å². The highest BCUT2D eigenvalue weighted by Crippen LogP contribution is 2.44. The lowest BCUT2D eigenvalue weighted by Crippen LogP contribution is -2.29. The Morgan fingerprint density at radius 3 is 2.51 bits per heavy atom. The normalized spacial score (nSPS) is 16.6. The van der Waals surface area contributed by atoms with Crippen LogP contribution in [0.15, 0.2) is 94.8 Å². The summed E-state index contributed by atoms with van der Waals surface area (Å²) in [6.07, 6.45) is 0. The van der Waals surface area contributed by atoms with Gasteiger partial charge in [-0.3, -0.25) is 14.5 Å². The van der Waals surface area contributed by atoms with E-state index in [0.29, 0.717) is 15.7 Å². The van der Waals surface area contributed by atoms with Crippen LogP contribution in [0.25, 0.3) is 16.5 Å². The van der Waals surface area contributed by atoms with E-state index in [1.165, 1.54) is 42.1 Å². The van der Waals surface area contributed by atoms with Crippen molar-refractivity contribution in [2.24, 2.45) is 0 Å². The van der Waals surface area contributed by atoms with E-state index >= 15 is 4.39 Å². The molecule has 5 aromatic rings. The summed E-state index contributed by atoms with van der Waals surface area (Å²) in [7, 11) is 0. The molecule has 4 aromatic carbocycles. The maximum Gasteiger partial charge on any atom is 0.301 e. The number of rotatable bonds is 6. The number of nitrogens with zero attached hydrogens (tertiary/aromatic N) is 3. The molecule has 0 saturated carbocycles. The monoisotopic (exact) mass is 585 g/mol. The van der Waals surface area contributed by atoms with Gasteiger partial charge in [-0.2, -0.15) is 0 Å². The van der Waals surface area contributed by atoms with Gasteiger partial charge in [-0.1, -0.05) is 95.9 Å². The first-order chi connectivity index (χ1) is 19.8. The molecule has 1 aliphatic rings. The number of benzene rings is 4. The second-order valence-electron chi connectivity index (χ2n) is 9.43. The van der Waals surface area contributed by atoms with Crippen LogP contribution in [-0.4, -0.2) is 27.0 Å². The number of aryl methyl sites for hydroxylation is 1. The van der Waals surface area contributed by atoms with Crippen molar-refractivity contribution in [3.05, 3.63) is 124 Å². The molecule has 1 atom stereocenters. The van der Waals surface area contributed by atoms with Crippen molar-refractivity contribution in [1.82, 2.24) is 10.2 Å². The molecule has 1 amide bonds. The lowest BCUT2D eigenvalue weighted by atomic mass is 9.94. The second-order valence-corrected chi connectivity index (χ2v) is 11.6. The summed E-state index contributed by atoms with van der Waals surface area (Å²) in [6.45, 7) is 1.56. The number of carbonyl (C=O) groups is 2. The quantitative estimate of drug-likeness (QED) is 0.0746. The summed E-state index contributed by atoms with van der Waals surface area (Å²) >= 11 is 2.51. The van der Waals surface area contributed by atoms with Crippen molar-refractivity contribution >= 4 is 56.5 Å². The Labute approximate surface area is 242 Å². The van der Waals surface area contributed by atoms with Gasteiger partial charge in [0.15, 0.2) is 4.34 Å². The van der Waals surface area contributed by atoms with E-state index in [1.54, 1.807) is 13.0 Å². The van der Waals surface area contributed by atoms with E-state index in [2.05, 4.69) is 10.2 Å². The summed E-state index contributed by atoms with van der Waals surface area (Å²) in [4.78, 5) is 27.7. The van der Waals surface area contributed by atoms with E-state index in [4.69, 9.17) is 0 Å². The van der Waals surface area contributed by atoms with E-state index < -0.39 is 35.1 Å². The van der Waals surface area contributed by atoms with E-state index in [-0.39, 0.29) is 21.8 Å². The number of anilines is 1. The SMILES string of the molecule is Cc1ccc(C(O)=C2C(=O)C(=O)N(c3nnc(SCc4cccc5ccccc45)s3)[C@H]2c2ccccc2F)cc1F. The fraction of sp³-hybridized carbons (Fsp3) is 0.0968. The third-order valence-corrected chi connectivity index (χ3v) is 9.03. The zero-order chi connectivity index (χ0) is 28.7. The van der Waals surface area contributed by atoms with Crippen LogP contribution in [0.3, 0.4) is 0 Å². The highest BCUT2D eigenvalue weighted by Gasteiger charge is 2.49. The van der Waals surface area contributed by atoms with Gasteiger partial charge in [-0.15, -0.1) is 10.2 Å². The highest BCUT2D eigenvalue weighted by atomic mass is 32.2. The fourth-order valence-corrected chi connectivity index (χ4v) is 6.70. The first kappa shape index (κ1) is 26.8. The fourth-order valence-electron chi connectivity index (χ4n) is 4.83. The predicted octanol–water partition coefficient (Wildman–Crippen LogP) is 7.20. The molecule has 0 radical (unpaired) electrons. The molecule has 1 aliphatic heterocycles. The molecule has 41 heavy (non-hydrogen) atoms. The minimum atomic E-state index is -1.33. The largest absolute Gasteiger partial charge is 0.507 e. The number of aliphatic hydroxyl groups excluding tert-OH is 1. The highest BCUT2D eigenvalue weighted by molar-refractivity contribution is 8.00. The van der Waals surface area contributed by atoms with Crippen molar-refractivity contribution < 1.29 is 23.5 Å². The van der Waals surface area contributed by atoms with Gasteiger partial charge < -0.3 is 5.11 Å². The standard InChI is InChI=1S/C31H21F2N3O3S2/c1-17-13-14-19(15-24(17)33)27(37)25-26(22-11-4-5-12-23(22)32)36(29(39)28(25)38)30-34-35-31(41-30)40-16-20-9-6-8-18-7-2-3-10-21(18)20/h2-15,26,37H,16H2,1H3/t26-/m0/s1. The van der Waals surface area contributed by atoms with Gasteiger partial charge >= 0.3 is 5.91 Å². The van der Waals surface area contributed by atoms with Crippen LogP contribution in [-0.2, 0) is 15.3 Å². The van der Waals surface area contributed by atoms with Crippen molar-refractivity contribution in [2.45, 2.75) is 23.1 Å². The molecular weight excluding hydrogens is 564 g/mol. The molecule has 0 spiro atoms. The Balaban J connectivity index is 1.39. The van der Waals surface area contributed by atoms with Crippen LogP contribution in [0.2, 0.25) is 0 Å². The van der Waals surface area contributed by atoms with E-state index in [0.717, 1.165) is 38.6 Å². The number of aromatic nitrogens is 2. The molecule has 6 rings (SSSR count). The summed E-state index contributed by atoms with van der Waals surface area (Å²) in [6, 6.07) is 22.4. The average Bonchev–Trinajstić information content (AvgIpc) is 3.55.